The van der Waals surface area contributed by atoms with Gasteiger partial charge in [0.05, 0.1) is 6.34 Å². The van der Waals surface area contributed by atoms with Gasteiger partial charge in [-0.3, -0.25) is 0 Å². The van der Waals surface area contributed by atoms with Crippen molar-refractivity contribution >= 4 is 36.9 Å². The van der Waals surface area contributed by atoms with E-state index in [9.17, 15) is 16.8 Å². The first kappa shape index (κ1) is 7.95. The van der Waals surface area contributed by atoms with E-state index in [-0.39, 0.29) is 0 Å². The van der Waals surface area contributed by atoms with Gasteiger partial charge in [0, 0.05) is 0 Å². The van der Waals surface area contributed by atoms with Gasteiger partial charge in [0.2, 0.25) is 30.6 Å². The molecule has 60 valence electrons. The third-order valence-corrected chi connectivity index (χ3v) is 2.30. The second-order valence-electron chi connectivity index (χ2n) is 1.51. The third-order valence-electron chi connectivity index (χ3n) is 0.896. The highest BCUT2D eigenvalue weighted by molar-refractivity contribution is 7.82. The van der Waals surface area contributed by atoms with Crippen LogP contribution in [0, 0.1) is 0 Å². The normalized spacial score (nSPS) is 14.9. The molecular weight excluding hydrogens is 192 g/mol. The first-order valence-electron chi connectivity index (χ1n) is 2.35. The van der Waals surface area contributed by atoms with Gasteiger partial charge in [-0.1, -0.05) is 0 Å². The first-order valence-corrected chi connectivity index (χ1v) is 4.50. The molecule has 0 radical (unpaired) electrons. The van der Waals surface area contributed by atoms with Crippen molar-refractivity contribution in [1.29, 1.82) is 0 Å². The van der Waals surface area contributed by atoms with Gasteiger partial charge in [-0.2, -0.15) is 16.8 Å². The Morgan fingerprint density at radius 3 is 2.18 bits per heavy atom. The molecule has 6 nitrogen and oxygen atoms in total. The van der Waals surface area contributed by atoms with E-state index >= 15 is 0 Å². The van der Waals surface area contributed by atoms with E-state index in [0.717, 1.165) is 6.34 Å². The fourth-order valence-electron chi connectivity index (χ4n) is 0.508. The van der Waals surface area contributed by atoms with E-state index in [1.807, 2.05) is 0 Å². The Balaban J connectivity index is 3.56. The molecule has 0 unspecified atom stereocenters. The van der Waals surface area contributed by atoms with Crippen molar-refractivity contribution in [2.45, 2.75) is 0 Å². The lowest BCUT2D eigenvalue weighted by Gasteiger charge is -1.82. The Labute approximate surface area is 64.6 Å². The summed E-state index contributed by atoms with van der Waals surface area (Å²) in [5.41, 5.74) is 0. The van der Waals surface area contributed by atoms with Crippen LogP contribution in [0.15, 0.2) is 4.99 Å². The van der Waals surface area contributed by atoms with Crippen LogP contribution in [0.25, 0.3) is 0 Å². The minimum atomic E-state index is -2.62. The molecule has 1 aliphatic heterocycles. The van der Waals surface area contributed by atoms with Crippen molar-refractivity contribution in [3.8, 4) is 0 Å². The molecule has 0 aromatic rings. The van der Waals surface area contributed by atoms with Gasteiger partial charge in [-0.05, 0) is 0 Å². The van der Waals surface area contributed by atoms with Gasteiger partial charge < -0.3 is 5.32 Å². The molecule has 0 spiro atoms. The molecule has 0 saturated heterocycles. The van der Waals surface area contributed by atoms with Crippen molar-refractivity contribution in [3.05, 3.63) is 0 Å². The minimum Gasteiger partial charge on any atom is -0.331 e. The van der Waals surface area contributed by atoms with Crippen LogP contribution in [0.1, 0.15) is 0 Å². The number of hydrogen-bond acceptors (Lipinski definition) is 4. The lowest BCUT2D eigenvalue weighted by atomic mass is 10.7. The highest BCUT2D eigenvalue weighted by Gasteiger charge is 2.15. The third kappa shape index (κ3) is 1.46. The molecule has 1 aliphatic rings. The van der Waals surface area contributed by atoms with Gasteiger partial charge in [-0.25, -0.2) is 4.99 Å². The molecule has 1 rings (SSSR count). The highest BCUT2D eigenvalue weighted by atomic mass is 32.2. The quantitative estimate of drug-likeness (QED) is 0.435. The van der Waals surface area contributed by atoms with Crippen LogP contribution in [-0.2, 0) is 20.6 Å². The average Bonchev–Trinajstić information content (AvgIpc) is 2.32. The maximum atomic E-state index is 10.2. The minimum absolute atomic E-state index is 0.418. The van der Waals surface area contributed by atoms with Gasteiger partial charge in [0.15, 0.2) is 0 Å². The number of aliphatic imine (C=N–C) groups is 1. The molecule has 1 N–H and O–H groups in total. The fourth-order valence-corrected chi connectivity index (χ4v) is 1.61. The molecule has 11 heavy (non-hydrogen) atoms. The van der Waals surface area contributed by atoms with Crippen LogP contribution in [0.2, 0.25) is 0 Å². The SMILES string of the molecule is O=S(=O)=C1N=CNC1=S(=O)=O. The highest BCUT2D eigenvalue weighted by Crippen LogP contribution is 1.84. The van der Waals surface area contributed by atoms with Crippen LogP contribution < -0.4 is 5.32 Å². The maximum absolute atomic E-state index is 10.2. The van der Waals surface area contributed by atoms with E-state index in [1.54, 1.807) is 0 Å². The van der Waals surface area contributed by atoms with E-state index in [2.05, 4.69) is 10.3 Å². The molecule has 0 bridgehead atoms. The lowest BCUT2D eigenvalue weighted by Crippen LogP contribution is -2.22. The van der Waals surface area contributed by atoms with Crippen molar-refractivity contribution in [1.82, 2.24) is 5.32 Å². The summed E-state index contributed by atoms with van der Waals surface area (Å²) < 4.78 is 40.9. The summed E-state index contributed by atoms with van der Waals surface area (Å²) >= 11 is 0. The summed E-state index contributed by atoms with van der Waals surface area (Å²) in [7, 11) is -5.21. The van der Waals surface area contributed by atoms with Crippen molar-refractivity contribution in [2.24, 2.45) is 4.99 Å². The molecular formula is C3H2N2O4S2. The number of hydrogen-bond donors (Lipinski definition) is 1. The molecule has 0 amide bonds. The van der Waals surface area contributed by atoms with Crippen LogP contribution in [0.4, 0.5) is 0 Å². The topological polar surface area (TPSA) is 92.7 Å². The van der Waals surface area contributed by atoms with Gasteiger partial charge >= 0.3 is 0 Å². The van der Waals surface area contributed by atoms with Gasteiger partial charge in [-0.15, -0.1) is 0 Å². The summed E-state index contributed by atoms with van der Waals surface area (Å²) in [4.78, 5) is 2.37. The van der Waals surface area contributed by atoms with Crippen molar-refractivity contribution in [3.63, 3.8) is 0 Å². The van der Waals surface area contributed by atoms with Gasteiger partial charge in [0.25, 0.3) is 0 Å². The molecule has 8 heteroatoms. The number of nitrogens with zero attached hydrogens (tertiary/aromatic N) is 1. The Kier molecular flexibility index (Phi) is 2.06. The molecule has 0 aromatic carbocycles. The number of nitrogens with one attached hydrogen (secondary N) is 1. The average molecular weight is 194 g/mol. The Bertz CT molecular complexity index is 449. The maximum Gasteiger partial charge on any atom is 0.243 e. The molecule has 0 aromatic heterocycles. The molecule has 0 fully saturated rings. The first-order chi connectivity index (χ1) is 5.13. The van der Waals surface area contributed by atoms with Crippen molar-refractivity contribution < 1.29 is 16.8 Å². The van der Waals surface area contributed by atoms with Crippen LogP contribution in [0.5, 0.6) is 0 Å². The van der Waals surface area contributed by atoms with E-state index < -0.39 is 30.6 Å². The molecule has 1 heterocycles. The van der Waals surface area contributed by atoms with E-state index in [1.165, 1.54) is 0 Å². The Morgan fingerprint density at radius 1 is 1.18 bits per heavy atom. The zero-order chi connectivity index (χ0) is 8.43. The van der Waals surface area contributed by atoms with E-state index in [0.29, 0.717) is 0 Å². The summed E-state index contributed by atoms with van der Waals surface area (Å²) in [5.74, 6) is 0. The van der Waals surface area contributed by atoms with E-state index in [4.69, 9.17) is 0 Å². The predicted molar refractivity (Wildman–Crippen MR) is 39.5 cm³/mol. The summed E-state index contributed by atoms with van der Waals surface area (Å²) in [5, 5.41) is 2.17. The molecule has 0 saturated carbocycles. The zero-order valence-electron chi connectivity index (χ0n) is 4.97. The zero-order valence-corrected chi connectivity index (χ0v) is 6.61. The molecule has 0 atom stereocenters. The standard InChI is InChI=1S/C3H2N2O4S2/c6-10(7)2-3(11(8)9)5-1-4-2/h1H,(H,4,5). The van der Waals surface area contributed by atoms with Crippen LogP contribution in [0.3, 0.4) is 0 Å². The monoisotopic (exact) mass is 194 g/mol. The Morgan fingerprint density at radius 2 is 1.82 bits per heavy atom. The molecule has 0 aliphatic carbocycles. The second kappa shape index (κ2) is 2.84. The Hall–Kier alpha value is -1.15. The lowest BCUT2D eigenvalue weighted by molar-refractivity contribution is 0.624. The fraction of sp³-hybridized carbons (Fsp3) is 0. The largest absolute Gasteiger partial charge is 0.331 e. The number of rotatable bonds is 0. The van der Waals surface area contributed by atoms with Crippen LogP contribution in [-0.4, -0.2) is 33.2 Å². The summed E-state index contributed by atoms with van der Waals surface area (Å²) in [6, 6.07) is 0. The summed E-state index contributed by atoms with van der Waals surface area (Å²) in [6.45, 7) is 0. The summed E-state index contributed by atoms with van der Waals surface area (Å²) in [6.07, 6.45) is 0.996. The van der Waals surface area contributed by atoms with Crippen LogP contribution >= 0.6 is 0 Å². The predicted octanol–water partition coefficient (Wildman–Crippen LogP) is -2.36. The van der Waals surface area contributed by atoms with Gasteiger partial charge in [0.1, 0.15) is 0 Å². The second-order valence-corrected chi connectivity index (χ2v) is 3.24. The smallest absolute Gasteiger partial charge is 0.243 e. The van der Waals surface area contributed by atoms with Crippen molar-refractivity contribution in [2.75, 3.05) is 0 Å².